The van der Waals surface area contributed by atoms with E-state index < -0.39 is 0 Å². The normalized spacial score (nSPS) is 21.1. The molecular weight excluding hydrogens is 328 g/mol. The van der Waals surface area contributed by atoms with Gasteiger partial charge in [0, 0.05) is 42.2 Å². The van der Waals surface area contributed by atoms with Gasteiger partial charge in [0.15, 0.2) is 11.5 Å². The monoisotopic (exact) mass is 352 g/mol. The standard InChI is InChI=1S/C18H25ClN2O3/c1-18(2,3)20-13-4-5-17(22)21(7-6-13)10-12-8-15-16(9-14(12)19)24-11-23-15/h8-9,13,20H,4-7,10-11H2,1-3H3. The Morgan fingerprint density at radius 3 is 2.67 bits per heavy atom. The Morgan fingerprint density at radius 2 is 1.96 bits per heavy atom. The largest absolute Gasteiger partial charge is 0.454 e. The molecule has 0 aromatic heterocycles. The van der Waals surface area contributed by atoms with Crippen LogP contribution in [-0.4, -0.2) is 35.7 Å². The van der Waals surface area contributed by atoms with Crippen molar-refractivity contribution in [1.29, 1.82) is 0 Å². The van der Waals surface area contributed by atoms with Crippen molar-refractivity contribution in [1.82, 2.24) is 10.2 Å². The van der Waals surface area contributed by atoms with Gasteiger partial charge in [0.2, 0.25) is 12.7 Å². The van der Waals surface area contributed by atoms with Crippen LogP contribution in [0.25, 0.3) is 0 Å². The van der Waals surface area contributed by atoms with Crippen LogP contribution < -0.4 is 14.8 Å². The summed E-state index contributed by atoms with van der Waals surface area (Å²) >= 11 is 6.35. The van der Waals surface area contributed by atoms with E-state index in [4.69, 9.17) is 21.1 Å². The molecule has 2 aliphatic rings. The highest BCUT2D eigenvalue weighted by molar-refractivity contribution is 6.31. The maximum absolute atomic E-state index is 12.5. The number of carbonyl (C=O) groups excluding carboxylic acids is 1. The summed E-state index contributed by atoms with van der Waals surface area (Å²) in [5.74, 6) is 1.55. The fourth-order valence-corrected chi connectivity index (χ4v) is 3.46. The predicted molar refractivity (Wildman–Crippen MR) is 93.5 cm³/mol. The maximum Gasteiger partial charge on any atom is 0.231 e. The summed E-state index contributed by atoms with van der Waals surface area (Å²) in [6.07, 6.45) is 2.39. The van der Waals surface area contributed by atoms with E-state index in [1.54, 1.807) is 6.07 Å². The first-order valence-electron chi connectivity index (χ1n) is 8.45. The third kappa shape index (κ3) is 4.14. The molecule has 0 saturated carbocycles. The van der Waals surface area contributed by atoms with Crippen molar-refractivity contribution < 1.29 is 14.3 Å². The molecule has 0 bridgehead atoms. The van der Waals surface area contributed by atoms with E-state index in [0.717, 1.165) is 24.9 Å². The van der Waals surface area contributed by atoms with Crippen LogP contribution in [0.4, 0.5) is 0 Å². The highest BCUT2D eigenvalue weighted by atomic mass is 35.5. The number of amides is 1. The van der Waals surface area contributed by atoms with Gasteiger partial charge in [0.05, 0.1) is 0 Å². The van der Waals surface area contributed by atoms with Gasteiger partial charge >= 0.3 is 0 Å². The quantitative estimate of drug-likeness (QED) is 0.906. The van der Waals surface area contributed by atoms with Gasteiger partial charge in [-0.3, -0.25) is 4.79 Å². The molecule has 0 radical (unpaired) electrons. The van der Waals surface area contributed by atoms with E-state index in [9.17, 15) is 4.79 Å². The van der Waals surface area contributed by atoms with Crippen LogP contribution in [0.15, 0.2) is 12.1 Å². The number of hydrogen-bond acceptors (Lipinski definition) is 4. The third-order valence-electron chi connectivity index (χ3n) is 4.35. The van der Waals surface area contributed by atoms with Gasteiger partial charge in [-0.05, 0) is 45.2 Å². The maximum atomic E-state index is 12.5. The zero-order valence-electron chi connectivity index (χ0n) is 14.5. The summed E-state index contributed by atoms with van der Waals surface area (Å²) in [6.45, 7) is 7.93. The first kappa shape index (κ1) is 17.4. The van der Waals surface area contributed by atoms with Gasteiger partial charge in [-0.25, -0.2) is 0 Å². The van der Waals surface area contributed by atoms with E-state index in [-0.39, 0.29) is 18.2 Å². The number of ether oxygens (including phenoxy) is 2. The molecule has 1 N–H and O–H groups in total. The average molecular weight is 353 g/mol. The minimum absolute atomic E-state index is 0.0590. The second-order valence-electron chi connectivity index (χ2n) is 7.53. The Kier molecular flexibility index (Phi) is 4.92. The lowest BCUT2D eigenvalue weighted by molar-refractivity contribution is -0.131. The second-order valence-corrected chi connectivity index (χ2v) is 7.94. The lowest BCUT2D eigenvalue weighted by Gasteiger charge is -2.28. The molecule has 6 heteroatoms. The van der Waals surface area contributed by atoms with E-state index in [2.05, 4.69) is 26.1 Å². The van der Waals surface area contributed by atoms with Crippen molar-refractivity contribution in [2.45, 2.75) is 58.2 Å². The highest BCUT2D eigenvalue weighted by Crippen LogP contribution is 2.37. The van der Waals surface area contributed by atoms with Crippen molar-refractivity contribution in [3.05, 3.63) is 22.7 Å². The molecule has 0 spiro atoms. The minimum Gasteiger partial charge on any atom is -0.454 e. The molecule has 2 aliphatic heterocycles. The Balaban J connectivity index is 1.68. The molecule has 3 rings (SSSR count). The van der Waals surface area contributed by atoms with Crippen LogP contribution in [-0.2, 0) is 11.3 Å². The van der Waals surface area contributed by atoms with Crippen LogP contribution in [0.1, 0.15) is 45.6 Å². The first-order chi connectivity index (χ1) is 11.3. The molecule has 1 aromatic rings. The number of nitrogens with one attached hydrogen (secondary N) is 1. The molecule has 24 heavy (non-hydrogen) atoms. The third-order valence-corrected chi connectivity index (χ3v) is 4.70. The molecule has 1 amide bonds. The van der Waals surface area contributed by atoms with Crippen molar-refractivity contribution in [3.63, 3.8) is 0 Å². The van der Waals surface area contributed by atoms with Gasteiger partial charge in [0.1, 0.15) is 0 Å². The summed E-state index contributed by atoms with van der Waals surface area (Å²) in [7, 11) is 0. The number of hydrogen-bond donors (Lipinski definition) is 1. The van der Waals surface area contributed by atoms with Crippen LogP contribution in [0.5, 0.6) is 11.5 Å². The van der Waals surface area contributed by atoms with Gasteiger partial charge in [0.25, 0.3) is 0 Å². The summed E-state index contributed by atoms with van der Waals surface area (Å²) in [5.41, 5.74) is 0.959. The summed E-state index contributed by atoms with van der Waals surface area (Å²) in [6, 6.07) is 4.02. The van der Waals surface area contributed by atoms with E-state index in [0.29, 0.717) is 35.5 Å². The van der Waals surface area contributed by atoms with Crippen LogP contribution >= 0.6 is 11.6 Å². The predicted octanol–water partition coefficient (Wildman–Crippen LogP) is 3.34. The smallest absolute Gasteiger partial charge is 0.231 e. The zero-order valence-corrected chi connectivity index (χ0v) is 15.3. The molecule has 1 unspecified atom stereocenters. The van der Waals surface area contributed by atoms with Gasteiger partial charge in [-0.1, -0.05) is 11.6 Å². The zero-order chi connectivity index (χ0) is 17.3. The number of rotatable bonds is 3. The van der Waals surface area contributed by atoms with Crippen molar-refractivity contribution in [3.8, 4) is 11.5 Å². The molecule has 1 fully saturated rings. The van der Waals surface area contributed by atoms with E-state index >= 15 is 0 Å². The van der Waals surface area contributed by atoms with Crippen molar-refractivity contribution in [2.75, 3.05) is 13.3 Å². The molecule has 5 nitrogen and oxygen atoms in total. The molecule has 132 valence electrons. The fourth-order valence-electron chi connectivity index (χ4n) is 3.25. The lowest BCUT2D eigenvalue weighted by atomic mass is 10.0. The van der Waals surface area contributed by atoms with E-state index in [1.165, 1.54) is 0 Å². The molecule has 1 aromatic carbocycles. The van der Waals surface area contributed by atoms with Gasteiger partial charge in [-0.15, -0.1) is 0 Å². The van der Waals surface area contributed by atoms with Crippen LogP contribution in [0.3, 0.4) is 0 Å². The van der Waals surface area contributed by atoms with Crippen LogP contribution in [0, 0.1) is 0 Å². The van der Waals surface area contributed by atoms with Gasteiger partial charge in [-0.2, -0.15) is 0 Å². The van der Waals surface area contributed by atoms with Gasteiger partial charge < -0.3 is 19.7 Å². The van der Waals surface area contributed by atoms with Crippen molar-refractivity contribution >= 4 is 17.5 Å². The summed E-state index contributed by atoms with van der Waals surface area (Å²) < 4.78 is 10.7. The number of benzene rings is 1. The molecule has 1 saturated heterocycles. The Hall–Kier alpha value is -1.46. The Bertz CT molecular complexity index is 627. The summed E-state index contributed by atoms with van der Waals surface area (Å²) in [5, 5.41) is 4.22. The topological polar surface area (TPSA) is 50.8 Å². The Morgan fingerprint density at radius 1 is 1.25 bits per heavy atom. The lowest BCUT2D eigenvalue weighted by Crippen LogP contribution is -2.44. The number of nitrogens with zero attached hydrogens (tertiary/aromatic N) is 1. The number of likely N-dealkylation sites (tertiary alicyclic amines) is 1. The molecule has 0 aliphatic carbocycles. The summed E-state index contributed by atoms with van der Waals surface area (Å²) in [4.78, 5) is 14.4. The van der Waals surface area contributed by atoms with Crippen LogP contribution in [0.2, 0.25) is 5.02 Å². The molecular formula is C18H25ClN2O3. The number of carbonyl (C=O) groups is 1. The number of fused-ring (bicyclic) bond motifs is 1. The minimum atomic E-state index is 0.0590. The van der Waals surface area contributed by atoms with Crippen molar-refractivity contribution in [2.24, 2.45) is 0 Å². The molecule has 2 heterocycles. The first-order valence-corrected chi connectivity index (χ1v) is 8.83. The average Bonchev–Trinajstić information content (AvgIpc) is 2.86. The SMILES string of the molecule is CC(C)(C)NC1CCC(=O)N(Cc2cc3c(cc2Cl)OCO3)CC1. The fraction of sp³-hybridized carbons (Fsp3) is 0.611. The Labute approximate surface area is 148 Å². The number of halogens is 1. The second kappa shape index (κ2) is 6.81. The van der Waals surface area contributed by atoms with E-state index in [1.807, 2.05) is 11.0 Å². The highest BCUT2D eigenvalue weighted by Gasteiger charge is 2.26. The molecule has 1 atom stereocenters.